The molecule has 1 atom stereocenters. The molecule has 168 valence electrons. The van der Waals surface area contributed by atoms with Crippen molar-refractivity contribution in [2.45, 2.75) is 31.1 Å². The molecule has 32 heavy (non-hydrogen) atoms. The van der Waals surface area contributed by atoms with E-state index in [2.05, 4.69) is 23.7 Å². The lowest BCUT2D eigenvalue weighted by molar-refractivity contribution is -0.383. The fraction of sp³-hybridized carbons (Fsp3) is 0.348. The number of piperazine rings is 1. The minimum atomic E-state index is -3.57. The Morgan fingerprint density at radius 1 is 1.03 bits per heavy atom. The standard InChI is InChI=1S/C23H26N4O4S/c1-3-17(2)18-4-6-19(7-5-18)32(30,31)26-14-12-25(13-15-26)22-8-9-23(27(28)29)21-16-24-11-10-20(21)22/h4-11,16-17H,3,12-15H2,1-2H3. The van der Waals surface area contributed by atoms with Gasteiger partial charge < -0.3 is 4.90 Å². The molecule has 8 nitrogen and oxygen atoms in total. The summed E-state index contributed by atoms with van der Waals surface area (Å²) in [6.07, 6.45) is 4.11. The molecule has 0 N–H and O–H groups in total. The van der Waals surface area contributed by atoms with Crippen molar-refractivity contribution in [2.75, 3.05) is 31.1 Å². The van der Waals surface area contributed by atoms with Gasteiger partial charge in [-0.3, -0.25) is 15.1 Å². The van der Waals surface area contributed by atoms with Gasteiger partial charge in [-0.2, -0.15) is 4.31 Å². The smallest absolute Gasteiger partial charge is 0.278 e. The van der Waals surface area contributed by atoms with Crippen LogP contribution in [0, 0.1) is 10.1 Å². The molecule has 4 rings (SSSR count). The van der Waals surface area contributed by atoms with Crippen LogP contribution in [0.5, 0.6) is 0 Å². The van der Waals surface area contributed by atoms with Crippen LogP contribution in [0.2, 0.25) is 0 Å². The molecular weight excluding hydrogens is 428 g/mol. The Labute approximate surface area is 187 Å². The second-order valence-electron chi connectivity index (χ2n) is 8.05. The van der Waals surface area contributed by atoms with Gasteiger partial charge in [-0.25, -0.2) is 8.42 Å². The summed E-state index contributed by atoms with van der Waals surface area (Å²) < 4.78 is 27.8. The Morgan fingerprint density at radius 2 is 1.72 bits per heavy atom. The first-order valence-corrected chi connectivity index (χ1v) is 12.1. The number of pyridine rings is 1. The number of anilines is 1. The number of fused-ring (bicyclic) bond motifs is 1. The Kier molecular flexibility index (Phi) is 6.12. The lowest BCUT2D eigenvalue weighted by Gasteiger charge is -2.36. The van der Waals surface area contributed by atoms with Crippen LogP contribution in [-0.2, 0) is 10.0 Å². The number of nitrogens with zero attached hydrogens (tertiary/aromatic N) is 4. The van der Waals surface area contributed by atoms with Crippen molar-refractivity contribution in [1.29, 1.82) is 0 Å². The first-order chi connectivity index (χ1) is 15.3. The molecule has 1 aliphatic heterocycles. The summed E-state index contributed by atoms with van der Waals surface area (Å²) in [5.41, 5.74) is 2.00. The molecule has 9 heteroatoms. The third-order valence-corrected chi connectivity index (χ3v) is 8.16. The third kappa shape index (κ3) is 4.05. The van der Waals surface area contributed by atoms with Crippen LogP contribution in [0.15, 0.2) is 59.8 Å². The van der Waals surface area contributed by atoms with Crippen LogP contribution in [-0.4, -0.2) is 48.8 Å². The van der Waals surface area contributed by atoms with Crippen LogP contribution >= 0.6 is 0 Å². The molecule has 0 saturated carbocycles. The van der Waals surface area contributed by atoms with Crippen LogP contribution in [0.4, 0.5) is 11.4 Å². The van der Waals surface area contributed by atoms with Gasteiger partial charge in [0.2, 0.25) is 10.0 Å². The Hall–Kier alpha value is -3.04. The molecular formula is C23H26N4O4S. The van der Waals surface area contributed by atoms with E-state index in [0.717, 1.165) is 23.1 Å². The molecule has 0 spiro atoms. The van der Waals surface area contributed by atoms with Gasteiger partial charge in [-0.15, -0.1) is 0 Å². The van der Waals surface area contributed by atoms with Crippen molar-refractivity contribution in [3.05, 3.63) is 70.5 Å². The molecule has 0 bridgehead atoms. The van der Waals surface area contributed by atoms with Crippen LogP contribution in [0.25, 0.3) is 10.8 Å². The van der Waals surface area contributed by atoms with Gasteiger partial charge in [0, 0.05) is 55.7 Å². The van der Waals surface area contributed by atoms with Crippen LogP contribution < -0.4 is 4.90 Å². The highest BCUT2D eigenvalue weighted by Gasteiger charge is 2.29. The number of aromatic nitrogens is 1. The average Bonchev–Trinajstić information content (AvgIpc) is 2.83. The zero-order valence-corrected chi connectivity index (χ0v) is 19.0. The van der Waals surface area contributed by atoms with Crippen molar-refractivity contribution >= 4 is 32.2 Å². The SMILES string of the molecule is CCC(C)c1ccc(S(=O)(=O)N2CCN(c3ccc([N+](=O)[O-])c4cnccc34)CC2)cc1. The number of rotatable bonds is 6. The van der Waals surface area contributed by atoms with Gasteiger partial charge in [0.25, 0.3) is 5.69 Å². The van der Waals surface area contributed by atoms with Gasteiger partial charge in [0.15, 0.2) is 0 Å². The van der Waals surface area contributed by atoms with E-state index in [1.54, 1.807) is 30.5 Å². The highest BCUT2D eigenvalue weighted by Crippen LogP contribution is 2.34. The predicted molar refractivity (Wildman–Crippen MR) is 125 cm³/mol. The maximum Gasteiger partial charge on any atom is 0.278 e. The van der Waals surface area contributed by atoms with Crippen molar-refractivity contribution < 1.29 is 13.3 Å². The van der Waals surface area contributed by atoms with Crippen molar-refractivity contribution in [2.24, 2.45) is 0 Å². The van der Waals surface area contributed by atoms with Crippen molar-refractivity contribution in [3.8, 4) is 0 Å². The zero-order valence-electron chi connectivity index (χ0n) is 18.1. The number of benzene rings is 2. The zero-order chi connectivity index (χ0) is 22.9. The number of nitro groups is 1. The summed E-state index contributed by atoms with van der Waals surface area (Å²) in [7, 11) is -3.57. The minimum absolute atomic E-state index is 0.0129. The van der Waals surface area contributed by atoms with E-state index in [-0.39, 0.29) is 5.69 Å². The topological polar surface area (TPSA) is 96.7 Å². The second-order valence-corrected chi connectivity index (χ2v) is 9.99. The van der Waals surface area contributed by atoms with Crippen LogP contribution in [0.3, 0.4) is 0 Å². The van der Waals surface area contributed by atoms with Crippen LogP contribution in [0.1, 0.15) is 31.7 Å². The third-order valence-electron chi connectivity index (χ3n) is 6.25. The molecule has 2 heterocycles. The summed E-state index contributed by atoms with van der Waals surface area (Å²) in [5.74, 6) is 0.391. The number of sulfonamides is 1. The molecule has 3 aromatic rings. The number of non-ortho nitro benzene ring substituents is 1. The predicted octanol–water partition coefficient (Wildman–Crippen LogP) is 4.17. The normalized spacial score (nSPS) is 16.2. The first-order valence-electron chi connectivity index (χ1n) is 10.7. The number of nitro benzene ring substituents is 1. The number of hydrogen-bond donors (Lipinski definition) is 0. The maximum atomic E-state index is 13.1. The fourth-order valence-corrected chi connectivity index (χ4v) is 5.54. The molecule has 1 unspecified atom stereocenters. The summed E-state index contributed by atoms with van der Waals surface area (Å²) in [6, 6.07) is 12.2. The van der Waals surface area contributed by atoms with Gasteiger partial charge in [0.1, 0.15) is 0 Å². The first kappa shape index (κ1) is 22.2. The van der Waals surface area contributed by atoms with E-state index >= 15 is 0 Å². The van der Waals surface area contributed by atoms with Crippen molar-refractivity contribution in [1.82, 2.24) is 9.29 Å². The van der Waals surface area contributed by atoms with Gasteiger partial charge in [-0.05, 0) is 42.2 Å². The van der Waals surface area contributed by atoms with Gasteiger partial charge in [-0.1, -0.05) is 26.0 Å². The van der Waals surface area contributed by atoms with E-state index < -0.39 is 14.9 Å². The van der Waals surface area contributed by atoms with E-state index in [4.69, 9.17) is 0 Å². The molecule has 0 aliphatic carbocycles. The van der Waals surface area contributed by atoms with E-state index in [9.17, 15) is 18.5 Å². The van der Waals surface area contributed by atoms with E-state index in [1.807, 2.05) is 12.1 Å². The summed E-state index contributed by atoms with van der Waals surface area (Å²) in [4.78, 5) is 17.4. The van der Waals surface area contributed by atoms with Crippen molar-refractivity contribution in [3.63, 3.8) is 0 Å². The average molecular weight is 455 g/mol. The lowest BCUT2D eigenvalue weighted by atomic mass is 9.99. The second kappa shape index (κ2) is 8.84. The molecule has 2 aromatic carbocycles. The van der Waals surface area contributed by atoms with Gasteiger partial charge >= 0.3 is 0 Å². The maximum absolute atomic E-state index is 13.1. The molecule has 1 aromatic heterocycles. The summed E-state index contributed by atoms with van der Waals surface area (Å²) in [5, 5.41) is 12.6. The largest absolute Gasteiger partial charge is 0.368 e. The van der Waals surface area contributed by atoms with E-state index in [0.29, 0.717) is 42.4 Å². The summed E-state index contributed by atoms with van der Waals surface area (Å²) >= 11 is 0. The fourth-order valence-electron chi connectivity index (χ4n) is 4.12. The monoisotopic (exact) mass is 454 g/mol. The lowest BCUT2D eigenvalue weighted by Crippen LogP contribution is -2.48. The highest BCUT2D eigenvalue weighted by molar-refractivity contribution is 7.89. The quantitative estimate of drug-likeness (QED) is 0.410. The molecule has 0 amide bonds. The highest BCUT2D eigenvalue weighted by atomic mass is 32.2. The van der Waals surface area contributed by atoms with Gasteiger partial charge in [0.05, 0.1) is 15.2 Å². The Bertz CT molecular complexity index is 1240. The Morgan fingerprint density at radius 3 is 2.34 bits per heavy atom. The molecule has 1 saturated heterocycles. The molecule has 1 aliphatic rings. The Balaban J connectivity index is 1.53. The molecule has 1 fully saturated rings. The van der Waals surface area contributed by atoms with E-state index in [1.165, 1.54) is 16.6 Å². The number of hydrogen-bond acceptors (Lipinski definition) is 6. The minimum Gasteiger partial charge on any atom is -0.368 e. The summed E-state index contributed by atoms with van der Waals surface area (Å²) in [6.45, 7) is 5.93. The molecule has 0 radical (unpaired) electrons.